The molecular weight excluding hydrogens is 214 g/mol. The highest BCUT2D eigenvalue weighted by molar-refractivity contribution is 5.07. The predicted octanol–water partition coefficient (Wildman–Crippen LogP) is 1.81. The molecule has 4 heteroatoms. The van der Waals surface area contributed by atoms with Crippen LogP contribution >= 0.6 is 0 Å². The summed E-state index contributed by atoms with van der Waals surface area (Å²) in [6.07, 6.45) is 5.53. The maximum Gasteiger partial charge on any atom is 0.0652 e. The summed E-state index contributed by atoms with van der Waals surface area (Å²) in [6.45, 7) is 8.45. The van der Waals surface area contributed by atoms with Crippen molar-refractivity contribution in [2.45, 2.75) is 52.4 Å². The molecule has 1 saturated carbocycles. The van der Waals surface area contributed by atoms with Gasteiger partial charge in [-0.1, -0.05) is 13.8 Å². The predicted molar refractivity (Wildman–Crippen MR) is 67.7 cm³/mol. The second-order valence-electron chi connectivity index (χ2n) is 5.42. The average molecular weight is 237 g/mol. The Hall–Kier alpha value is -0.870. The van der Waals surface area contributed by atoms with Gasteiger partial charge in [-0.25, -0.2) is 0 Å². The fourth-order valence-corrected chi connectivity index (χ4v) is 2.54. The maximum absolute atomic E-state index is 5.45. The molecule has 1 fully saturated rings. The van der Waals surface area contributed by atoms with Gasteiger partial charge in [-0.05, 0) is 13.3 Å². The summed E-state index contributed by atoms with van der Waals surface area (Å²) in [4.78, 5) is 0. The summed E-state index contributed by atoms with van der Waals surface area (Å²) in [7, 11) is 1.80. The molecule has 0 radical (unpaired) electrons. The number of nitrogens with one attached hydrogen (secondary N) is 1. The number of hydrogen-bond acceptors (Lipinski definition) is 3. The van der Waals surface area contributed by atoms with Crippen LogP contribution in [-0.4, -0.2) is 29.0 Å². The van der Waals surface area contributed by atoms with Crippen LogP contribution in [0.4, 0.5) is 0 Å². The Morgan fingerprint density at radius 1 is 1.59 bits per heavy atom. The third-order valence-electron chi connectivity index (χ3n) is 4.03. The van der Waals surface area contributed by atoms with E-state index in [0.29, 0.717) is 12.1 Å². The Labute approximate surface area is 103 Å². The Bertz CT molecular complexity index is 372. The van der Waals surface area contributed by atoms with E-state index in [1.807, 2.05) is 10.9 Å². The molecule has 1 N–H and O–H groups in total. The molecule has 4 nitrogen and oxygen atoms in total. The molecule has 0 amide bonds. The first kappa shape index (κ1) is 12.6. The zero-order valence-corrected chi connectivity index (χ0v) is 11.2. The molecule has 17 heavy (non-hydrogen) atoms. The third kappa shape index (κ3) is 2.38. The van der Waals surface area contributed by atoms with E-state index < -0.39 is 0 Å². The Morgan fingerprint density at radius 3 is 2.88 bits per heavy atom. The van der Waals surface area contributed by atoms with E-state index in [2.05, 4.69) is 37.4 Å². The van der Waals surface area contributed by atoms with E-state index in [1.165, 1.54) is 5.56 Å². The van der Waals surface area contributed by atoms with Gasteiger partial charge in [0.15, 0.2) is 0 Å². The van der Waals surface area contributed by atoms with Gasteiger partial charge in [0, 0.05) is 43.4 Å². The monoisotopic (exact) mass is 237 g/mol. The lowest BCUT2D eigenvalue weighted by Crippen LogP contribution is -2.60. The fraction of sp³-hybridized carbons (Fsp3) is 0.769. The molecule has 1 aromatic heterocycles. The number of aryl methyl sites for hydroxylation is 1. The average Bonchev–Trinajstić information content (AvgIpc) is 2.76. The van der Waals surface area contributed by atoms with Crippen molar-refractivity contribution in [3.63, 3.8) is 0 Å². The molecular formula is C13H23N3O. The molecule has 0 bridgehead atoms. The van der Waals surface area contributed by atoms with Crippen LogP contribution in [0.25, 0.3) is 0 Å². The molecule has 1 aliphatic carbocycles. The summed E-state index contributed by atoms with van der Waals surface area (Å²) < 4.78 is 7.41. The minimum Gasteiger partial charge on any atom is -0.381 e. The van der Waals surface area contributed by atoms with Crippen molar-refractivity contribution < 1.29 is 4.74 Å². The van der Waals surface area contributed by atoms with E-state index in [1.54, 1.807) is 7.11 Å². The Kier molecular flexibility index (Phi) is 3.54. The SMILES string of the molecule is CCn1cc(CNC2CC(OC)C2(C)C)cn1. The van der Waals surface area contributed by atoms with Crippen molar-refractivity contribution in [3.8, 4) is 0 Å². The summed E-state index contributed by atoms with van der Waals surface area (Å²) in [5.41, 5.74) is 1.48. The zero-order valence-electron chi connectivity index (χ0n) is 11.2. The highest BCUT2D eigenvalue weighted by atomic mass is 16.5. The van der Waals surface area contributed by atoms with Gasteiger partial charge in [-0.15, -0.1) is 0 Å². The van der Waals surface area contributed by atoms with Gasteiger partial charge in [0.2, 0.25) is 0 Å². The van der Waals surface area contributed by atoms with Crippen LogP contribution in [0.1, 0.15) is 32.8 Å². The van der Waals surface area contributed by atoms with Gasteiger partial charge in [0.05, 0.1) is 12.3 Å². The molecule has 2 rings (SSSR count). The second kappa shape index (κ2) is 4.78. The third-order valence-corrected chi connectivity index (χ3v) is 4.03. The molecule has 0 aliphatic heterocycles. The van der Waals surface area contributed by atoms with Crippen molar-refractivity contribution in [3.05, 3.63) is 18.0 Å². The van der Waals surface area contributed by atoms with E-state index in [9.17, 15) is 0 Å². The Balaban J connectivity index is 1.83. The molecule has 96 valence electrons. The van der Waals surface area contributed by atoms with Gasteiger partial charge in [-0.3, -0.25) is 4.68 Å². The lowest BCUT2D eigenvalue weighted by Gasteiger charge is -2.51. The van der Waals surface area contributed by atoms with Gasteiger partial charge in [0.25, 0.3) is 0 Å². The van der Waals surface area contributed by atoms with Crippen LogP contribution in [0.3, 0.4) is 0 Å². The molecule has 1 heterocycles. The van der Waals surface area contributed by atoms with E-state index in [0.717, 1.165) is 19.5 Å². The number of methoxy groups -OCH3 is 1. The summed E-state index contributed by atoms with van der Waals surface area (Å²) >= 11 is 0. The zero-order chi connectivity index (χ0) is 12.5. The van der Waals surface area contributed by atoms with Gasteiger partial charge < -0.3 is 10.1 Å². The summed E-state index contributed by atoms with van der Waals surface area (Å²) in [6, 6.07) is 0.539. The van der Waals surface area contributed by atoms with Crippen molar-refractivity contribution in [1.29, 1.82) is 0 Å². The lowest BCUT2D eigenvalue weighted by molar-refractivity contribution is -0.0979. The highest BCUT2D eigenvalue weighted by Gasteiger charge is 2.48. The first-order chi connectivity index (χ1) is 8.07. The number of ether oxygens (including phenoxy) is 1. The minimum absolute atomic E-state index is 0.232. The normalized spacial score (nSPS) is 26.8. The highest BCUT2D eigenvalue weighted by Crippen LogP contribution is 2.42. The van der Waals surface area contributed by atoms with Crippen LogP contribution in [-0.2, 0) is 17.8 Å². The summed E-state index contributed by atoms with van der Waals surface area (Å²) in [5.74, 6) is 0. The molecule has 1 aliphatic rings. The van der Waals surface area contributed by atoms with E-state index in [4.69, 9.17) is 4.74 Å². The van der Waals surface area contributed by atoms with Crippen molar-refractivity contribution in [2.24, 2.45) is 5.41 Å². The molecule has 1 aromatic rings. The first-order valence-corrected chi connectivity index (χ1v) is 6.35. The molecule has 0 aromatic carbocycles. The molecule has 0 saturated heterocycles. The van der Waals surface area contributed by atoms with Crippen LogP contribution in [0.2, 0.25) is 0 Å². The van der Waals surface area contributed by atoms with Gasteiger partial charge >= 0.3 is 0 Å². The first-order valence-electron chi connectivity index (χ1n) is 6.35. The number of aromatic nitrogens is 2. The Morgan fingerprint density at radius 2 is 2.35 bits per heavy atom. The largest absolute Gasteiger partial charge is 0.381 e. The summed E-state index contributed by atoms with van der Waals surface area (Å²) in [5, 5.41) is 7.87. The smallest absolute Gasteiger partial charge is 0.0652 e. The van der Waals surface area contributed by atoms with Crippen molar-refractivity contribution >= 4 is 0 Å². The minimum atomic E-state index is 0.232. The second-order valence-corrected chi connectivity index (χ2v) is 5.42. The van der Waals surface area contributed by atoms with Crippen LogP contribution < -0.4 is 5.32 Å². The van der Waals surface area contributed by atoms with Gasteiger partial charge in [-0.2, -0.15) is 5.10 Å². The quantitative estimate of drug-likeness (QED) is 0.849. The van der Waals surface area contributed by atoms with E-state index in [-0.39, 0.29) is 5.41 Å². The van der Waals surface area contributed by atoms with Crippen LogP contribution in [0.5, 0.6) is 0 Å². The maximum atomic E-state index is 5.45. The molecule has 2 atom stereocenters. The molecule has 2 unspecified atom stereocenters. The number of rotatable bonds is 5. The number of hydrogen-bond donors (Lipinski definition) is 1. The topological polar surface area (TPSA) is 39.1 Å². The van der Waals surface area contributed by atoms with Crippen molar-refractivity contribution in [1.82, 2.24) is 15.1 Å². The van der Waals surface area contributed by atoms with Crippen molar-refractivity contribution in [2.75, 3.05) is 7.11 Å². The van der Waals surface area contributed by atoms with Crippen LogP contribution in [0, 0.1) is 5.41 Å². The fourth-order valence-electron chi connectivity index (χ4n) is 2.54. The molecule has 0 spiro atoms. The standard InChI is InChI=1S/C13H23N3O/c1-5-16-9-10(8-15-16)7-14-11-6-12(17-4)13(11,2)3/h8-9,11-12,14H,5-7H2,1-4H3. The van der Waals surface area contributed by atoms with Gasteiger partial charge in [0.1, 0.15) is 0 Å². The van der Waals surface area contributed by atoms with Crippen LogP contribution in [0.15, 0.2) is 12.4 Å². The number of nitrogens with zero attached hydrogens (tertiary/aromatic N) is 2. The lowest BCUT2D eigenvalue weighted by atomic mass is 9.64. The van der Waals surface area contributed by atoms with E-state index >= 15 is 0 Å².